The largest absolute Gasteiger partial charge is 0.354 e. The van der Waals surface area contributed by atoms with Crippen molar-refractivity contribution in [2.75, 3.05) is 23.7 Å². The first-order valence-electron chi connectivity index (χ1n) is 14.5. The van der Waals surface area contributed by atoms with E-state index in [9.17, 15) is 18.0 Å². The normalized spacial score (nSPS) is 12.4. The predicted octanol–water partition coefficient (Wildman–Crippen LogP) is 5.61. The van der Waals surface area contributed by atoms with Gasteiger partial charge in [-0.1, -0.05) is 101 Å². The van der Waals surface area contributed by atoms with Gasteiger partial charge < -0.3 is 10.2 Å². The number of sulfonamides is 1. The van der Waals surface area contributed by atoms with Gasteiger partial charge in [0.05, 0.1) is 11.9 Å². The zero-order chi connectivity index (χ0) is 30.9. The molecule has 0 fully saturated rings. The molecule has 0 bridgehead atoms. The standard InChI is InChI=1S/C34H45N3O4S/c1-7-8-22-35-33(39)31(23-27-15-10-9-11-16-27)36(24-28-17-13-12-14-26(28)2)32(38)25-37(42(6,40)41)30-20-18-29(19-21-30)34(3,4)5/h9-21,31H,7-8,22-25H2,1-6H3,(H,35,39)/t31-/m0/s1. The molecule has 0 saturated heterocycles. The summed E-state index contributed by atoms with van der Waals surface area (Å²) < 4.78 is 27.2. The van der Waals surface area contributed by atoms with Crippen LogP contribution in [0.3, 0.4) is 0 Å². The molecular formula is C34H45N3O4S. The predicted molar refractivity (Wildman–Crippen MR) is 171 cm³/mol. The van der Waals surface area contributed by atoms with Crippen LogP contribution in [0.4, 0.5) is 5.69 Å². The van der Waals surface area contributed by atoms with E-state index in [1.165, 1.54) is 4.90 Å². The van der Waals surface area contributed by atoms with E-state index < -0.39 is 28.5 Å². The van der Waals surface area contributed by atoms with Crippen LogP contribution in [0.1, 0.15) is 62.8 Å². The molecule has 0 aliphatic rings. The van der Waals surface area contributed by atoms with Crippen LogP contribution in [0.25, 0.3) is 0 Å². The zero-order valence-electron chi connectivity index (χ0n) is 25.8. The lowest BCUT2D eigenvalue weighted by molar-refractivity contribution is -0.140. The Balaban J connectivity index is 2.04. The summed E-state index contributed by atoms with van der Waals surface area (Å²) in [6.45, 7) is 10.5. The Morgan fingerprint density at radius 1 is 0.905 bits per heavy atom. The molecule has 0 heterocycles. The van der Waals surface area contributed by atoms with E-state index in [0.29, 0.717) is 18.7 Å². The van der Waals surface area contributed by atoms with E-state index >= 15 is 0 Å². The van der Waals surface area contributed by atoms with Crippen molar-refractivity contribution in [3.8, 4) is 0 Å². The second-order valence-corrected chi connectivity index (χ2v) is 13.8. The van der Waals surface area contributed by atoms with Crippen LogP contribution < -0.4 is 9.62 Å². The molecule has 0 radical (unpaired) electrons. The maximum absolute atomic E-state index is 14.2. The molecule has 226 valence electrons. The number of anilines is 1. The second kappa shape index (κ2) is 14.5. The smallest absolute Gasteiger partial charge is 0.244 e. The molecule has 7 nitrogen and oxygen atoms in total. The Kier molecular flexibility index (Phi) is 11.3. The van der Waals surface area contributed by atoms with Crippen LogP contribution in [-0.4, -0.2) is 50.5 Å². The summed E-state index contributed by atoms with van der Waals surface area (Å²) in [6, 6.07) is 23.7. The van der Waals surface area contributed by atoms with Gasteiger partial charge in [0.15, 0.2) is 0 Å². The van der Waals surface area contributed by atoms with Crippen LogP contribution >= 0.6 is 0 Å². The van der Waals surface area contributed by atoms with Crippen molar-refractivity contribution < 1.29 is 18.0 Å². The lowest BCUT2D eigenvalue weighted by Gasteiger charge is -2.34. The highest BCUT2D eigenvalue weighted by atomic mass is 32.2. The molecule has 0 saturated carbocycles. The zero-order valence-corrected chi connectivity index (χ0v) is 26.6. The topological polar surface area (TPSA) is 86.8 Å². The van der Waals surface area contributed by atoms with Gasteiger partial charge in [-0.05, 0) is 53.1 Å². The molecule has 0 aliphatic heterocycles. The molecule has 2 amide bonds. The Morgan fingerprint density at radius 2 is 1.52 bits per heavy atom. The number of hydrogen-bond acceptors (Lipinski definition) is 4. The molecule has 1 atom stereocenters. The molecule has 3 aromatic rings. The van der Waals surface area contributed by atoms with E-state index in [1.54, 1.807) is 12.1 Å². The average Bonchev–Trinajstić information content (AvgIpc) is 2.94. The van der Waals surface area contributed by atoms with Gasteiger partial charge >= 0.3 is 0 Å². The summed E-state index contributed by atoms with van der Waals surface area (Å²) in [5, 5.41) is 3.01. The fourth-order valence-corrected chi connectivity index (χ4v) is 5.62. The third kappa shape index (κ3) is 9.18. The highest BCUT2D eigenvalue weighted by molar-refractivity contribution is 7.92. The number of aryl methyl sites for hydroxylation is 1. The van der Waals surface area contributed by atoms with Gasteiger partial charge in [0.25, 0.3) is 0 Å². The van der Waals surface area contributed by atoms with Crippen molar-refractivity contribution in [3.63, 3.8) is 0 Å². The van der Waals surface area contributed by atoms with Gasteiger partial charge in [-0.15, -0.1) is 0 Å². The summed E-state index contributed by atoms with van der Waals surface area (Å²) in [4.78, 5) is 29.5. The molecule has 0 aromatic heterocycles. The SMILES string of the molecule is CCCCNC(=O)[C@H](Cc1ccccc1)N(Cc1ccccc1C)C(=O)CN(c1ccc(C(C)(C)C)cc1)S(C)(=O)=O. The summed E-state index contributed by atoms with van der Waals surface area (Å²) >= 11 is 0. The lowest BCUT2D eigenvalue weighted by atomic mass is 9.87. The highest BCUT2D eigenvalue weighted by Gasteiger charge is 2.33. The number of unbranched alkanes of at least 4 members (excludes halogenated alkanes) is 1. The van der Waals surface area contributed by atoms with Crippen molar-refractivity contribution in [3.05, 3.63) is 101 Å². The number of amides is 2. The number of carbonyl (C=O) groups excluding carboxylic acids is 2. The van der Waals surface area contributed by atoms with Crippen molar-refractivity contribution in [1.29, 1.82) is 0 Å². The minimum Gasteiger partial charge on any atom is -0.354 e. The minimum absolute atomic E-state index is 0.107. The quantitative estimate of drug-likeness (QED) is 0.262. The molecule has 0 aliphatic carbocycles. The lowest BCUT2D eigenvalue weighted by Crippen LogP contribution is -2.53. The van der Waals surface area contributed by atoms with Gasteiger partial charge in [-0.25, -0.2) is 8.42 Å². The van der Waals surface area contributed by atoms with Gasteiger partial charge in [-0.2, -0.15) is 0 Å². The van der Waals surface area contributed by atoms with E-state index in [2.05, 4.69) is 33.0 Å². The van der Waals surface area contributed by atoms with Gasteiger partial charge in [0, 0.05) is 19.5 Å². The van der Waals surface area contributed by atoms with Crippen molar-refractivity contribution in [1.82, 2.24) is 10.2 Å². The Labute approximate surface area is 252 Å². The molecule has 3 aromatic carbocycles. The number of carbonyl (C=O) groups is 2. The van der Waals surface area contributed by atoms with Crippen LogP contribution in [0.15, 0.2) is 78.9 Å². The molecule has 3 rings (SSSR count). The maximum Gasteiger partial charge on any atom is 0.244 e. The molecule has 8 heteroatoms. The van der Waals surface area contributed by atoms with Crippen LogP contribution in [0, 0.1) is 6.92 Å². The average molecular weight is 592 g/mol. The Bertz CT molecular complexity index is 1430. The molecular weight excluding hydrogens is 546 g/mol. The maximum atomic E-state index is 14.2. The summed E-state index contributed by atoms with van der Waals surface area (Å²) in [6.07, 6.45) is 3.15. The monoisotopic (exact) mass is 591 g/mol. The minimum atomic E-state index is -3.81. The van der Waals surface area contributed by atoms with Crippen molar-refractivity contribution >= 4 is 27.5 Å². The van der Waals surface area contributed by atoms with E-state index in [-0.39, 0.29) is 17.9 Å². The first kappa shape index (κ1) is 32.9. The number of benzene rings is 3. The summed E-state index contributed by atoms with van der Waals surface area (Å²) in [5.74, 6) is -0.704. The second-order valence-electron chi connectivity index (χ2n) is 11.9. The number of nitrogens with one attached hydrogen (secondary N) is 1. The third-order valence-corrected chi connectivity index (χ3v) is 8.54. The van der Waals surface area contributed by atoms with Crippen molar-refractivity contribution in [2.45, 2.75) is 71.9 Å². The van der Waals surface area contributed by atoms with E-state index in [0.717, 1.165) is 45.7 Å². The van der Waals surface area contributed by atoms with Crippen LogP contribution in [0.2, 0.25) is 0 Å². The highest BCUT2D eigenvalue weighted by Crippen LogP contribution is 2.26. The summed E-state index contributed by atoms with van der Waals surface area (Å²) in [7, 11) is -3.81. The van der Waals surface area contributed by atoms with Crippen molar-refractivity contribution in [2.24, 2.45) is 0 Å². The fourth-order valence-electron chi connectivity index (χ4n) is 4.77. The van der Waals surface area contributed by atoms with Gasteiger partial charge in [-0.3, -0.25) is 13.9 Å². The first-order valence-corrected chi connectivity index (χ1v) is 16.4. The van der Waals surface area contributed by atoms with Gasteiger partial charge in [0.2, 0.25) is 21.8 Å². The summed E-state index contributed by atoms with van der Waals surface area (Å²) in [5.41, 5.74) is 4.14. The van der Waals surface area contributed by atoms with E-state index in [1.807, 2.05) is 73.7 Å². The third-order valence-electron chi connectivity index (χ3n) is 7.40. The molecule has 1 N–H and O–H groups in total. The first-order chi connectivity index (χ1) is 19.8. The van der Waals surface area contributed by atoms with Gasteiger partial charge in [0.1, 0.15) is 12.6 Å². The fraction of sp³-hybridized carbons (Fsp3) is 0.412. The molecule has 42 heavy (non-hydrogen) atoms. The Hall–Kier alpha value is -3.65. The number of nitrogens with zero attached hydrogens (tertiary/aromatic N) is 2. The number of rotatable bonds is 13. The number of hydrogen-bond donors (Lipinski definition) is 1. The Morgan fingerprint density at radius 3 is 2.10 bits per heavy atom. The molecule has 0 unspecified atom stereocenters. The van der Waals surface area contributed by atoms with E-state index in [4.69, 9.17) is 0 Å². The van der Waals surface area contributed by atoms with Crippen LogP contribution in [-0.2, 0) is 38.0 Å². The van der Waals surface area contributed by atoms with Crippen LogP contribution in [0.5, 0.6) is 0 Å². The molecule has 0 spiro atoms.